The van der Waals surface area contributed by atoms with Crippen LogP contribution in [0.4, 0.5) is 0 Å². The number of hydrogen-bond acceptors (Lipinski definition) is 4. The third-order valence-electron chi connectivity index (χ3n) is 1.49. The smallest absolute Gasteiger partial charge is 0.291 e. The first kappa shape index (κ1) is 9.38. The van der Waals surface area contributed by atoms with E-state index in [1.54, 1.807) is 11.8 Å². The first-order valence-electron chi connectivity index (χ1n) is 3.86. The zero-order valence-electron chi connectivity index (χ0n) is 6.95. The molecule has 0 aromatic heterocycles. The number of nitrogens with two attached hydrogens (primary N) is 1. The van der Waals surface area contributed by atoms with Crippen LogP contribution in [0.25, 0.3) is 0 Å². The van der Waals surface area contributed by atoms with E-state index in [2.05, 4.69) is 11.9 Å². The molecule has 0 radical (unpaired) electrons. The fourth-order valence-electron chi connectivity index (χ4n) is 0.920. The SMILES string of the molecule is CCSCCC1OC(N)=NC1=O. The van der Waals surface area contributed by atoms with Gasteiger partial charge in [-0.2, -0.15) is 16.8 Å². The van der Waals surface area contributed by atoms with Gasteiger partial charge in [-0.3, -0.25) is 4.79 Å². The van der Waals surface area contributed by atoms with Gasteiger partial charge in [0.25, 0.3) is 11.9 Å². The Bertz CT molecular complexity index is 206. The van der Waals surface area contributed by atoms with Crippen LogP contribution in [0.15, 0.2) is 4.99 Å². The summed E-state index contributed by atoms with van der Waals surface area (Å²) in [7, 11) is 0. The summed E-state index contributed by atoms with van der Waals surface area (Å²) < 4.78 is 4.99. The third-order valence-corrected chi connectivity index (χ3v) is 2.42. The average molecular weight is 188 g/mol. The lowest BCUT2D eigenvalue weighted by molar-refractivity contribution is -0.122. The van der Waals surface area contributed by atoms with Gasteiger partial charge < -0.3 is 10.5 Å². The van der Waals surface area contributed by atoms with Crippen molar-refractivity contribution in [3.05, 3.63) is 0 Å². The molecule has 1 heterocycles. The second-order valence-corrected chi connectivity index (χ2v) is 3.77. The van der Waals surface area contributed by atoms with E-state index in [0.29, 0.717) is 6.42 Å². The second-order valence-electron chi connectivity index (χ2n) is 2.38. The summed E-state index contributed by atoms with van der Waals surface area (Å²) in [4.78, 5) is 14.5. The van der Waals surface area contributed by atoms with Crippen LogP contribution in [0.3, 0.4) is 0 Å². The fraction of sp³-hybridized carbons (Fsp3) is 0.714. The van der Waals surface area contributed by atoms with Crippen LogP contribution in [0, 0.1) is 0 Å². The van der Waals surface area contributed by atoms with Gasteiger partial charge in [0.1, 0.15) is 0 Å². The molecular formula is C7H12N2O2S. The van der Waals surface area contributed by atoms with Crippen molar-refractivity contribution in [3.8, 4) is 0 Å². The molecule has 12 heavy (non-hydrogen) atoms. The van der Waals surface area contributed by atoms with Crippen LogP contribution in [0.2, 0.25) is 0 Å². The number of aliphatic imine (C=N–C) groups is 1. The Kier molecular flexibility index (Phi) is 3.40. The van der Waals surface area contributed by atoms with Crippen molar-refractivity contribution >= 4 is 23.7 Å². The molecule has 0 aliphatic carbocycles. The van der Waals surface area contributed by atoms with Gasteiger partial charge in [0.05, 0.1) is 0 Å². The number of amides is 1. The second kappa shape index (κ2) is 4.35. The number of amidine groups is 1. The van der Waals surface area contributed by atoms with Crippen LogP contribution >= 0.6 is 11.8 Å². The standard InChI is InChI=1S/C7H12N2O2S/c1-2-12-4-3-5-6(10)9-7(8)11-5/h5H,2-4H2,1H3,(H2,8,9,10). The predicted molar refractivity (Wildman–Crippen MR) is 49.1 cm³/mol. The molecule has 0 spiro atoms. The van der Waals surface area contributed by atoms with Gasteiger partial charge in [0, 0.05) is 6.42 Å². The molecule has 0 saturated heterocycles. The Morgan fingerprint density at radius 1 is 1.75 bits per heavy atom. The van der Waals surface area contributed by atoms with E-state index in [-0.39, 0.29) is 11.9 Å². The van der Waals surface area contributed by atoms with E-state index in [9.17, 15) is 4.79 Å². The van der Waals surface area contributed by atoms with Gasteiger partial charge in [0.15, 0.2) is 6.10 Å². The van der Waals surface area contributed by atoms with E-state index in [1.165, 1.54) is 0 Å². The molecule has 0 saturated carbocycles. The van der Waals surface area contributed by atoms with Crippen molar-refractivity contribution in [2.45, 2.75) is 19.4 Å². The van der Waals surface area contributed by atoms with E-state index in [4.69, 9.17) is 10.5 Å². The lowest BCUT2D eigenvalue weighted by Crippen LogP contribution is -2.21. The van der Waals surface area contributed by atoms with Crippen LogP contribution in [0.5, 0.6) is 0 Å². The Balaban J connectivity index is 2.23. The molecular weight excluding hydrogens is 176 g/mol. The molecule has 0 fully saturated rings. The number of thioether (sulfide) groups is 1. The predicted octanol–water partition coefficient (Wildman–Crippen LogP) is 0.370. The maximum Gasteiger partial charge on any atom is 0.291 e. The van der Waals surface area contributed by atoms with Gasteiger partial charge in [-0.15, -0.1) is 0 Å². The third kappa shape index (κ3) is 2.41. The number of carbonyl (C=O) groups is 1. The topological polar surface area (TPSA) is 64.7 Å². The minimum atomic E-state index is -0.427. The molecule has 4 nitrogen and oxygen atoms in total. The summed E-state index contributed by atoms with van der Waals surface area (Å²) in [5.41, 5.74) is 5.22. The zero-order valence-corrected chi connectivity index (χ0v) is 7.76. The van der Waals surface area contributed by atoms with Crippen molar-refractivity contribution in [2.75, 3.05) is 11.5 Å². The first-order valence-corrected chi connectivity index (χ1v) is 5.02. The van der Waals surface area contributed by atoms with Crippen molar-refractivity contribution in [2.24, 2.45) is 10.7 Å². The zero-order chi connectivity index (χ0) is 8.97. The number of hydrogen-bond donors (Lipinski definition) is 1. The lowest BCUT2D eigenvalue weighted by atomic mass is 10.3. The van der Waals surface area contributed by atoms with E-state index < -0.39 is 6.10 Å². The maximum atomic E-state index is 11.0. The molecule has 1 aliphatic rings. The van der Waals surface area contributed by atoms with E-state index in [0.717, 1.165) is 11.5 Å². The van der Waals surface area contributed by atoms with Crippen molar-refractivity contribution in [1.29, 1.82) is 0 Å². The molecule has 0 bridgehead atoms. The Labute approximate surface area is 75.6 Å². The Hall–Kier alpha value is -0.710. The Morgan fingerprint density at radius 3 is 3.00 bits per heavy atom. The van der Waals surface area contributed by atoms with Gasteiger partial charge in [0.2, 0.25) is 0 Å². The van der Waals surface area contributed by atoms with E-state index in [1.807, 2.05) is 0 Å². The molecule has 1 amide bonds. The minimum absolute atomic E-state index is 0.00602. The summed E-state index contributed by atoms with van der Waals surface area (Å²) in [6.45, 7) is 2.08. The number of rotatable bonds is 4. The van der Waals surface area contributed by atoms with Gasteiger partial charge in [-0.25, -0.2) is 0 Å². The maximum absolute atomic E-state index is 11.0. The van der Waals surface area contributed by atoms with Crippen molar-refractivity contribution < 1.29 is 9.53 Å². The number of nitrogens with zero attached hydrogens (tertiary/aromatic N) is 1. The van der Waals surface area contributed by atoms with Gasteiger partial charge >= 0.3 is 0 Å². The summed E-state index contributed by atoms with van der Waals surface area (Å²) >= 11 is 1.77. The summed E-state index contributed by atoms with van der Waals surface area (Å²) in [6.07, 6.45) is 0.269. The fourth-order valence-corrected chi connectivity index (χ4v) is 1.59. The normalized spacial score (nSPS) is 22.2. The monoisotopic (exact) mass is 188 g/mol. The quantitative estimate of drug-likeness (QED) is 0.647. The molecule has 1 rings (SSSR count). The highest BCUT2D eigenvalue weighted by Gasteiger charge is 2.26. The first-order chi connectivity index (χ1) is 5.74. The molecule has 2 N–H and O–H groups in total. The molecule has 1 unspecified atom stereocenters. The largest absolute Gasteiger partial charge is 0.452 e. The Morgan fingerprint density at radius 2 is 2.50 bits per heavy atom. The van der Waals surface area contributed by atoms with Crippen molar-refractivity contribution in [1.82, 2.24) is 0 Å². The molecule has 68 valence electrons. The molecule has 0 aromatic carbocycles. The van der Waals surface area contributed by atoms with Crippen LogP contribution < -0.4 is 5.73 Å². The molecule has 1 aliphatic heterocycles. The lowest BCUT2D eigenvalue weighted by Gasteiger charge is -2.06. The van der Waals surface area contributed by atoms with Crippen molar-refractivity contribution in [3.63, 3.8) is 0 Å². The minimum Gasteiger partial charge on any atom is -0.452 e. The number of ether oxygens (including phenoxy) is 1. The molecule has 5 heteroatoms. The van der Waals surface area contributed by atoms with E-state index >= 15 is 0 Å². The summed E-state index contributed by atoms with van der Waals surface area (Å²) in [5, 5.41) is 0. The highest BCUT2D eigenvalue weighted by Crippen LogP contribution is 2.12. The number of carbonyl (C=O) groups excluding carboxylic acids is 1. The van der Waals surface area contributed by atoms with Crippen LogP contribution in [-0.4, -0.2) is 29.5 Å². The highest BCUT2D eigenvalue weighted by molar-refractivity contribution is 7.99. The summed E-state index contributed by atoms with van der Waals surface area (Å²) in [5.74, 6) is 1.72. The van der Waals surface area contributed by atoms with Gasteiger partial charge in [-0.05, 0) is 11.5 Å². The average Bonchev–Trinajstić information content (AvgIpc) is 2.31. The van der Waals surface area contributed by atoms with Crippen LogP contribution in [0.1, 0.15) is 13.3 Å². The highest BCUT2D eigenvalue weighted by atomic mass is 32.2. The molecule has 1 atom stereocenters. The van der Waals surface area contributed by atoms with Gasteiger partial charge in [-0.1, -0.05) is 6.92 Å². The van der Waals surface area contributed by atoms with Crippen LogP contribution in [-0.2, 0) is 9.53 Å². The molecule has 0 aromatic rings. The summed E-state index contributed by atoms with van der Waals surface area (Å²) in [6, 6.07) is 0.00602.